The standard InChI is InChI=1S/C20H19ClN2O2S/c1-13-6-3-4-9-17(13)25-12-19(24)23-20-22-14(2)18(26-20)11-15-7-5-8-16(21)10-15/h3-10H,11-12H2,1-2H3,(H,22,23,24). The Morgan fingerprint density at radius 3 is 2.77 bits per heavy atom. The summed E-state index contributed by atoms with van der Waals surface area (Å²) >= 11 is 7.51. The average molecular weight is 387 g/mol. The van der Waals surface area contributed by atoms with Crippen LogP contribution in [0.15, 0.2) is 48.5 Å². The normalized spacial score (nSPS) is 10.6. The number of hydrogen-bond donors (Lipinski definition) is 1. The van der Waals surface area contributed by atoms with Crippen molar-refractivity contribution >= 4 is 34.0 Å². The van der Waals surface area contributed by atoms with E-state index in [1.165, 1.54) is 11.3 Å². The molecule has 0 fully saturated rings. The molecule has 3 rings (SSSR count). The summed E-state index contributed by atoms with van der Waals surface area (Å²) in [7, 11) is 0. The Balaban J connectivity index is 1.60. The summed E-state index contributed by atoms with van der Waals surface area (Å²) in [5, 5.41) is 4.10. The lowest BCUT2D eigenvalue weighted by molar-refractivity contribution is -0.118. The number of hydrogen-bond acceptors (Lipinski definition) is 4. The number of aromatic nitrogens is 1. The summed E-state index contributed by atoms with van der Waals surface area (Å²) in [5.41, 5.74) is 3.02. The fourth-order valence-electron chi connectivity index (χ4n) is 2.49. The Hall–Kier alpha value is -2.37. The third-order valence-electron chi connectivity index (χ3n) is 3.85. The van der Waals surface area contributed by atoms with Crippen LogP contribution in [0.1, 0.15) is 21.7 Å². The molecule has 1 heterocycles. The second kappa shape index (κ2) is 8.34. The van der Waals surface area contributed by atoms with Crippen molar-refractivity contribution in [2.75, 3.05) is 11.9 Å². The highest BCUT2D eigenvalue weighted by Gasteiger charge is 2.12. The van der Waals surface area contributed by atoms with E-state index in [2.05, 4.69) is 10.3 Å². The summed E-state index contributed by atoms with van der Waals surface area (Å²) in [6, 6.07) is 15.4. The minimum absolute atomic E-state index is 0.0485. The van der Waals surface area contributed by atoms with Crippen LogP contribution < -0.4 is 10.1 Å². The van der Waals surface area contributed by atoms with Gasteiger partial charge in [0.15, 0.2) is 11.7 Å². The minimum atomic E-state index is -0.226. The molecule has 0 aliphatic rings. The van der Waals surface area contributed by atoms with Crippen LogP contribution in [0.3, 0.4) is 0 Å². The zero-order valence-electron chi connectivity index (χ0n) is 14.6. The smallest absolute Gasteiger partial charge is 0.264 e. The van der Waals surface area contributed by atoms with Gasteiger partial charge in [0, 0.05) is 16.3 Å². The molecule has 0 saturated heterocycles. The number of amides is 1. The van der Waals surface area contributed by atoms with Crippen molar-refractivity contribution < 1.29 is 9.53 Å². The van der Waals surface area contributed by atoms with Crippen LogP contribution in [-0.2, 0) is 11.2 Å². The van der Waals surface area contributed by atoms with E-state index in [0.29, 0.717) is 15.9 Å². The predicted octanol–water partition coefficient (Wildman–Crippen LogP) is 5.02. The van der Waals surface area contributed by atoms with E-state index >= 15 is 0 Å². The lowest BCUT2D eigenvalue weighted by Crippen LogP contribution is -2.20. The van der Waals surface area contributed by atoms with Gasteiger partial charge in [0.2, 0.25) is 0 Å². The summed E-state index contributed by atoms with van der Waals surface area (Å²) < 4.78 is 5.57. The second-order valence-corrected chi connectivity index (χ2v) is 7.46. The third-order valence-corrected chi connectivity index (χ3v) is 5.15. The first-order valence-electron chi connectivity index (χ1n) is 8.20. The maximum atomic E-state index is 12.1. The number of carbonyl (C=O) groups is 1. The highest BCUT2D eigenvalue weighted by atomic mass is 35.5. The number of carbonyl (C=O) groups excluding carboxylic acids is 1. The van der Waals surface area contributed by atoms with Crippen molar-refractivity contribution in [1.82, 2.24) is 4.98 Å². The number of aryl methyl sites for hydroxylation is 2. The summed E-state index contributed by atoms with van der Waals surface area (Å²) in [6.45, 7) is 3.84. The van der Waals surface area contributed by atoms with Gasteiger partial charge in [-0.3, -0.25) is 10.1 Å². The SMILES string of the molecule is Cc1ccccc1OCC(=O)Nc1nc(C)c(Cc2cccc(Cl)c2)s1. The monoisotopic (exact) mass is 386 g/mol. The number of nitrogens with zero attached hydrogens (tertiary/aromatic N) is 1. The first kappa shape index (κ1) is 18.4. The van der Waals surface area contributed by atoms with E-state index in [1.54, 1.807) is 0 Å². The molecule has 0 aliphatic carbocycles. The molecule has 0 aliphatic heterocycles. The topological polar surface area (TPSA) is 51.2 Å². The molecule has 3 aromatic rings. The molecule has 0 spiro atoms. The van der Waals surface area contributed by atoms with Crippen LogP contribution in [0, 0.1) is 13.8 Å². The highest BCUT2D eigenvalue weighted by Crippen LogP contribution is 2.26. The summed E-state index contributed by atoms with van der Waals surface area (Å²) in [5.74, 6) is 0.482. The summed E-state index contributed by atoms with van der Waals surface area (Å²) in [6.07, 6.45) is 0.736. The van der Waals surface area contributed by atoms with Gasteiger partial charge >= 0.3 is 0 Å². The van der Waals surface area contributed by atoms with E-state index in [9.17, 15) is 4.79 Å². The molecule has 0 atom stereocenters. The maximum Gasteiger partial charge on any atom is 0.264 e. The van der Waals surface area contributed by atoms with Gasteiger partial charge in [0.1, 0.15) is 5.75 Å². The van der Waals surface area contributed by atoms with E-state index in [1.807, 2.05) is 62.4 Å². The number of halogens is 1. The number of rotatable bonds is 6. The van der Waals surface area contributed by atoms with Crippen LogP contribution in [0.5, 0.6) is 5.75 Å². The van der Waals surface area contributed by atoms with Crippen molar-refractivity contribution in [3.63, 3.8) is 0 Å². The van der Waals surface area contributed by atoms with Gasteiger partial charge < -0.3 is 4.74 Å². The van der Waals surface area contributed by atoms with E-state index in [-0.39, 0.29) is 12.5 Å². The first-order valence-corrected chi connectivity index (χ1v) is 9.40. The van der Waals surface area contributed by atoms with Crippen LogP contribution in [-0.4, -0.2) is 17.5 Å². The number of para-hydroxylation sites is 1. The number of anilines is 1. The molecule has 4 nitrogen and oxygen atoms in total. The van der Waals surface area contributed by atoms with Crippen LogP contribution in [0.4, 0.5) is 5.13 Å². The minimum Gasteiger partial charge on any atom is -0.483 e. The Morgan fingerprint density at radius 2 is 2.00 bits per heavy atom. The maximum absolute atomic E-state index is 12.1. The number of thiazole rings is 1. The van der Waals surface area contributed by atoms with Crippen molar-refractivity contribution in [2.24, 2.45) is 0 Å². The molecule has 0 bridgehead atoms. The Kier molecular flexibility index (Phi) is 5.91. The van der Waals surface area contributed by atoms with Crippen molar-refractivity contribution in [1.29, 1.82) is 0 Å². The Labute approximate surface area is 161 Å². The Bertz CT molecular complexity index is 924. The molecule has 1 aromatic heterocycles. The van der Waals surface area contributed by atoms with Crippen LogP contribution in [0.25, 0.3) is 0 Å². The zero-order chi connectivity index (χ0) is 18.5. The molecule has 2 aromatic carbocycles. The first-order chi connectivity index (χ1) is 12.5. The van der Waals surface area contributed by atoms with Gasteiger partial charge in [-0.2, -0.15) is 0 Å². The number of ether oxygens (including phenoxy) is 1. The largest absolute Gasteiger partial charge is 0.483 e. The van der Waals surface area contributed by atoms with Gasteiger partial charge in [0.25, 0.3) is 5.91 Å². The molecule has 26 heavy (non-hydrogen) atoms. The lowest BCUT2D eigenvalue weighted by Gasteiger charge is -2.08. The van der Waals surface area contributed by atoms with E-state index in [0.717, 1.165) is 28.1 Å². The number of benzene rings is 2. The molecule has 6 heteroatoms. The highest BCUT2D eigenvalue weighted by molar-refractivity contribution is 7.15. The molecule has 0 radical (unpaired) electrons. The van der Waals surface area contributed by atoms with Gasteiger partial charge in [-0.15, -0.1) is 11.3 Å². The average Bonchev–Trinajstić information content (AvgIpc) is 2.93. The van der Waals surface area contributed by atoms with Gasteiger partial charge in [-0.05, 0) is 43.2 Å². The summed E-state index contributed by atoms with van der Waals surface area (Å²) in [4.78, 5) is 17.7. The number of nitrogens with one attached hydrogen (secondary N) is 1. The molecule has 0 saturated carbocycles. The zero-order valence-corrected chi connectivity index (χ0v) is 16.2. The molecular formula is C20H19ClN2O2S. The fourth-order valence-corrected chi connectivity index (χ4v) is 3.72. The van der Waals surface area contributed by atoms with Gasteiger partial charge in [0.05, 0.1) is 5.69 Å². The van der Waals surface area contributed by atoms with Crippen molar-refractivity contribution in [3.05, 3.63) is 75.3 Å². The molecule has 1 N–H and O–H groups in total. The van der Waals surface area contributed by atoms with Crippen molar-refractivity contribution in [2.45, 2.75) is 20.3 Å². The Morgan fingerprint density at radius 1 is 1.19 bits per heavy atom. The third kappa shape index (κ3) is 4.84. The van der Waals surface area contributed by atoms with Crippen LogP contribution >= 0.6 is 22.9 Å². The molecule has 0 unspecified atom stereocenters. The van der Waals surface area contributed by atoms with E-state index in [4.69, 9.17) is 16.3 Å². The van der Waals surface area contributed by atoms with Gasteiger partial charge in [-0.25, -0.2) is 4.98 Å². The molecule has 134 valence electrons. The van der Waals surface area contributed by atoms with Crippen molar-refractivity contribution in [3.8, 4) is 5.75 Å². The van der Waals surface area contributed by atoms with Gasteiger partial charge in [-0.1, -0.05) is 41.9 Å². The second-order valence-electron chi connectivity index (χ2n) is 5.94. The fraction of sp³-hybridized carbons (Fsp3) is 0.200. The lowest BCUT2D eigenvalue weighted by atomic mass is 10.1. The molecule has 1 amide bonds. The van der Waals surface area contributed by atoms with E-state index < -0.39 is 0 Å². The molecular weight excluding hydrogens is 368 g/mol. The van der Waals surface area contributed by atoms with Crippen LogP contribution in [0.2, 0.25) is 5.02 Å². The quantitative estimate of drug-likeness (QED) is 0.647. The predicted molar refractivity (Wildman–Crippen MR) is 106 cm³/mol.